The summed E-state index contributed by atoms with van der Waals surface area (Å²) in [5.41, 5.74) is 0. The minimum atomic E-state index is 0.292. The van der Waals surface area contributed by atoms with E-state index in [0.29, 0.717) is 30.2 Å². The molecule has 1 saturated heterocycles. The van der Waals surface area contributed by atoms with Gasteiger partial charge in [0.15, 0.2) is 0 Å². The number of amides is 1. The van der Waals surface area contributed by atoms with Gasteiger partial charge in [-0.15, -0.1) is 6.58 Å². The second-order valence-electron chi connectivity index (χ2n) is 4.93. The minimum Gasteiger partial charge on any atom is -0.339 e. The van der Waals surface area contributed by atoms with Crippen LogP contribution >= 0.6 is 0 Å². The maximum Gasteiger partial charge on any atom is 0.223 e. The van der Waals surface area contributed by atoms with Gasteiger partial charge in [0, 0.05) is 19.0 Å². The molecule has 0 bridgehead atoms. The van der Waals surface area contributed by atoms with E-state index >= 15 is 0 Å². The molecule has 0 aliphatic carbocycles. The summed E-state index contributed by atoms with van der Waals surface area (Å²) in [6.07, 6.45) is 4.48. The Morgan fingerprint density at radius 2 is 2.13 bits per heavy atom. The second kappa shape index (κ2) is 5.34. The van der Waals surface area contributed by atoms with Crippen LogP contribution < -0.4 is 0 Å². The van der Waals surface area contributed by atoms with E-state index in [1.807, 2.05) is 6.08 Å². The summed E-state index contributed by atoms with van der Waals surface area (Å²) < 4.78 is 0. The number of piperidine rings is 1. The summed E-state index contributed by atoms with van der Waals surface area (Å²) >= 11 is 0. The molecule has 15 heavy (non-hydrogen) atoms. The number of carbonyl (C=O) groups is 1. The van der Waals surface area contributed by atoms with Crippen LogP contribution in [0.4, 0.5) is 0 Å². The fraction of sp³-hybridized carbons (Fsp3) is 0.769. The van der Waals surface area contributed by atoms with E-state index in [-0.39, 0.29) is 0 Å². The quantitative estimate of drug-likeness (QED) is 0.654. The molecule has 0 radical (unpaired) electrons. The van der Waals surface area contributed by atoms with E-state index in [1.54, 1.807) is 0 Å². The molecule has 3 atom stereocenters. The predicted octanol–water partition coefficient (Wildman–Crippen LogP) is 2.85. The van der Waals surface area contributed by atoms with Crippen molar-refractivity contribution in [2.24, 2.45) is 11.8 Å². The monoisotopic (exact) mass is 209 g/mol. The number of rotatable bonds is 3. The minimum absolute atomic E-state index is 0.292. The van der Waals surface area contributed by atoms with Crippen molar-refractivity contribution in [3.8, 4) is 0 Å². The highest BCUT2D eigenvalue weighted by molar-refractivity contribution is 5.76. The van der Waals surface area contributed by atoms with E-state index in [2.05, 4.69) is 32.3 Å². The standard InChI is InChI=1S/C13H23NO/c1-5-6-7-13(15)14-9-10(2)8-11(3)12(14)4/h5,10-12H,1,6-9H2,2-4H3. The third-order valence-corrected chi connectivity index (χ3v) is 3.48. The summed E-state index contributed by atoms with van der Waals surface area (Å²) in [5.74, 6) is 1.56. The first-order valence-corrected chi connectivity index (χ1v) is 5.96. The first-order valence-electron chi connectivity index (χ1n) is 5.96. The Morgan fingerprint density at radius 1 is 1.47 bits per heavy atom. The summed E-state index contributed by atoms with van der Waals surface area (Å²) in [7, 11) is 0. The summed E-state index contributed by atoms with van der Waals surface area (Å²) in [6, 6.07) is 0.401. The van der Waals surface area contributed by atoms with Crippen LogP contribution in [0.2, 0.25) is 0 Å². The smallest absolute Gasteiger partial charge is 0.223 e. The van der Waals surface area contributed by atoms with Gasteiger partial charge in [0.05, 0.1) is 0 Å². The Bertz CT molecular complexity index is 237. The van der Waals surface area contributed by atoms with Gasteiger partial charge >= 0.3 is 0 Å². The number of likely N-dealkylation sites (tertiary alicyclic amines) is 1. The number of carbonyl (C=O) groups excluding carboxylic acids is 1. The van der Waals surface area contributed by atoms with Crippen LogP contribution in [0, 0.1) is 11.8 Å². The van der Waals surface area contributed by atoms with Crippen molar-refractivity contribution in [3.63, 3.8) is 0 Å². The molecule has 1 heterocycles. The Morgan fingerprint density at radius 3 is 2.73 bits per heavy atom. The van der Waals surface area contributed by atoms with Crippen molar-refractivity contribution in [1.29, 1.82) is 0 Å². The number of allylic oxidation sites excluding steroid dienone is 1. The molecule has 0 spiro atoms. The lowest BCUT2D eigenvalue weighted by atomic mass is 9.86. The van der Waals surface area contributed by atoms with Gasteiger partial charge in [0.25, 0.3) is 0 Å². The zero-order valence-corrected chi connectivity index (χ0v) is 10.2. The first kappa shape index (κ1) is 12.3. The normalized spacial score (nSPS) is 31.4. The van der Waals surface area contributed by atoms with Crippen molar-refractivity contribution >= 4 is 5.91 Å². The maximum absolute atomic E-state index is 11.9. The van der Waals surface area contributed by atoms with Crippen molar-refractivity contribution in [1.82, 2.24) is 4.90 Å². The van der Waals surface area contributed by atoms with Gasteiger partial charge in [-0.1, -0.05) is 19.9 Å². The van der Waals surface area contributed by atoms with Crippen LogP contribution in [-0.2, 0) is 4.79 Å². The molecule has 0 N–H and O–H groups in total. The van der Waals surface area contributed by atoms with Crippen molar-refractivity contribution in [2.75, 3.05) is 6.54 Å². The third kappa shape index (κ3) is 3.08. The highest BCUT2D eigenvalue weighted by Gasteiger charge is 2.31. The molecular weight excluding hydrogens is 186 g/mol. The van der Waals surface area contributed by atoms with Crippen molar-refractivity contribution in [2.45, 2.75) is 46.1 Å². The first-order chi connectivity index (χ1) is 7.06. The number of hydrogen-bond donors (Lipinski definition) is 0. The molecule has 86 valence electrons. The molecule has 0 saturated carbocycles. The van der Waals surface area contributed by atoms with Crippen LogP contribution in [0.25, 0.3) is 0 Å². The van der Waals surface area contributed by atoms with Crippen molar-refractivity contribution < 1.29 is 4.79 Å². The highest BCUT2D eigenvalue weighted by atomic mass is 16.2. The molecule has 0 aromatic heterocycles. The van der Waals surface area contributed by atoms with Crippen LogP contribution in [0.3, 0.4) is 0 Å². The molecule has 3 unspecified atom stereocenters. The molecule has 1 rings (SSSR count). The summed E-state index contributed by atoms with van der Waals surface area (Å²) in [5, 5.41) is 0. The predicted molar refractivity (Wildman–Crippen MR) is 63.6 cm³/mol. The summed E-state index contributed by atoms with van der Waals surface area (Å²) in [6.45, 7) is 11.2. The van der Waals surface area contributed by atoms with Gasteiger partial charge in [-0.25, -0.2) is 0 Å². The molecule has 1 fully saturated rings. The fourth-order valence-electron chi connectivity index (χ4n) is 2.41. The van der Waals surface area contributed by atoms with E-state index in [4.69, 9.17) is 0 Å². The second-order valence-corrected chi connectivity index (χ2v) is 4.93. The number of hydrogen-bond acceptors (Lipinski definition) is 1. The van der Waals surface area contributed by atoms with Crippen LogP contribution in [-0.4, -0.2) is 23.4 Å². The largest absolute Gasteiger partial charge is 0.339 e. The van der Waals surface area contributed by atoms with Crippen LogP contribution in [0.1, 0.15) is 40.0 Å². The molecule has 1 amide bonds. The SMILES string of the molecule is C=CCCC(=O)N1CC(C)CC(C)C1C. The topological polar surface area (TPSA) is 20.3 Å². The molecule has 0 aromatic carbocycles. The molecule has 2 nitrogen and oxygen atoms in total. The maximum atomic E-state index is 11.9. The Hall–Kier alpha value is -0.790. The lowest BCUT2D eigenvalue weighted by molar-refractivity contribution is -0.136. The van der Waals surface area contributed by atoms with Crippen LogP contribution in [0.5, 0.6) is 0 Å². The van der Waals surface area contributed by atoms with E-state index in [0.717, 1.165) is 13.0 Å². The third-order valence-electron chi connectivity index (χ3n) is 3.48. The Kier molecular flexibility index (Phi) is 4.37. The molecule has 1 aliphatic rings. The van der Waals surface area contributed by atoms with E-state index in [1.165, 1.54) is 6.42 Å². The van der Waals surface area contributed by atoms with Gasteiger partial charge in [-0.3, -0.25) is 4.79 Å². The average molecular weight is 209 g/mol. The van der Waals surface area contributed by atoms with Gasteiger partial charge < -0.3 is 4.90 Å². The zero-order valence-electron chi connectivity index (χ0n) is 10.2. The molecule has 2 heteroatoms. The van der Waals surface area contributed by atoms with Crippen molar-refractivity contribution in [3.05, 3.63) is 12.7 Å². The molecule has 0 aromatic rings. The highest BCUT2D eigenvalue weighted by Crippen LogP contribution is 2.27. The van der Waals surface area contributed by atoms with Gasteiger partial charge in [-0.2, -0.15) is 0 Å². The Balaban J connectivity index is 2.57. The molecule has 1 aliphatic heterocycles. The summed E-state index contributed by atoms with van der Waals surface area (Å²) in [4.78, 5) is 14.0. The Labute approximate surface area is 93.3 Å². The van der Waals surface area contributed by atoms with Gasteiger partial charge in [0.2, 0.25) is 5.91 Å². The van der Waals surface area contributed by atoms with Gasteiger partial charge in [-0.05, 0) is 31.6 Å². The lowest BCUT2D eigenvalue weighted by Crippen LogP contribution is -2.48. The zero-order chi connectivity index (χ0) is 11.4. The lowest BCUT2D eigenvalue weighted by Gasteiger charge is -2.41. The van der Waals surface area contributed by atoms with Crippen LogP contribution in [0.15, 0.2) is 12.7 Å². The van der Waals surface area contributed by atoms with Gasteiger partial charge in [0.1, 0.15) is 0 Å². The van der Waals surface area contributed by atoms with E-state index < -0.39 is 0 Å². The average Bonchev–Trinajstić information content (AvgIpc) is 2.19. The van der Waals surface area contributed by atoms with E-state index in [9.17, 15) is 4.79 Å². The molecular formula is C13H23NO. The fourth-order valence-corrected chi connectivity index (χ4v) is 2.41. The number of nitrogens with zero attached hydrogens (tertiary/aromatic N) is 1.